The first kappa shape index (κ1) is 13.1. The Kier molecular flexibility index (Phi) is 4.84. The summed E-state index contributed by atoms with van der Waals surface area (Å²) in [5.41, 5.74) is 0. The molecule has 0 bridgehead atoms. The van der Waals surface area contributed by atoms with Gasteiger partial charge in [-0.15, -0.1) is 24.0 Å². The molecule has 1 amide bonds. The molecule has 0 unspecified atom stereocenters. The van der Waals surface area contributed by atoms with Crippen molar-refractivity contribution in [2.75, 3.05) is 6.54 Å². The number of rotatable bonds is 4. The average molecular weight is 254 g/mol. The largest absolute Gasteiger partial charge is 0.334 e. The van der Waals surface area contributed by atoms with Gasteiger partial charge >= 0.3 is 0 Å². The fraction of sp³-hybridized carbons (Fsp3) is 0.455. The Bertz CT molecular complexity index is 406. The summed E-state index contributed by atoms with van der Waals surface area (Å²) in [5.74, 6) is -0.0180. The molecule has 5 heteroatoms. The molecule has 1 aromatic heterocycles. The Morgan fingerprint density at radius 2 is 2.38 bits per heavy atom. The summed E-state index contributed by atoms with van der Waals surface area (Å²) in [5, 5.41) is 10.4. The molecular weight excluding hydrogens is 240 g/mol. The van der Waals surface area contributed by atoms with Gasteiger partial charge in [0.15, 0.2) is 0 Å². The van der Waals surface area contributed by atoms with Crippen LogP contribution in [0.4, 0.5) is 0 Å². The Balaban J connectivity index is 2.79. The van der Waals surface area contributed by atoms with Crippen LogP contribution in [-0.4, -0.2) is 23.4 Å². The van der Waals surface area contributed by atoms with E-state index in [9.17, 15) is 4.79 Å². The third kappa shape index (κ3) is 3.26. The summed E-state index contributed by atoms with van der Waals surface area (Å²) in [6, 6.07) is 3.92. The van der Waals surface area contributed by atoms with Gasteiger partial charge in [0.05, 0.1) is 17.4 Å². The zero-order chi connectivity index (χ0) is 12.1. The Hall–Kier alpha value is -0.990. The molecule has 0 spiro atoms. The second kappa shape index (κ2) is 5.92. The van der Waals surface area contributed by atoms with Crippen molar-refractivity contribution >= 4 is 29.9 Å². The van der Waals surface area contributed by atoms with Crippen molar-refractivity contribution in [3.63, 3.8) is 0 Å². The van der Waals surface area contributed by atoms with Gasteiger partial charge in [-0.05, 0) is 19.9 Å². The van der Waals surface area contributed by atoms with E-state index in [2.05, 4.69) is 18.7 Å². The van der Waals surface area contributed by atoms with E-state index in [1.807, 2.05) is 19.2 Å². The maximum absolute atomic E-state index is 12.1. The fourth-order valence-electron chi connectivity index (χ4n) is 1.34. The molecule has 0 saturated heterocycles. The van der Waals surface area contributed by atoms with Gasteiger partial charge in [-0.25, -0.2) is 0 Å². The maximum atomic E-state index is 12.1. The van der Waals surface area contributed by atoms with Crippen molar-refractivity contribution in [1.29, 1.82) is 5.26 Å². The molecule has 86 valence electrons. The lowest BCUT2D eigenvalue weighted by atomic mass is 10.2. The molecule has 0 radical (unpaired) electrons. The van der Waals surface area contributed by atoms with Gasteiger partial charge in [-0.2, -0.15) is 5.26 Å². The Morgan fingerprint density at radius 3 is 2.81 bits per heavy atom. The highest BCUT2D eigenvalue weighted by molar-refractivity contribution is 7.80. The first-order valence-electron chi connectivity index (χ1n) is 5.01. The average Bonchev–Trinajstić information content (AvgIpc) is 2.64. The van der Waals surface area contributed by atoms with Crippen LogP contribution in [0.3, 0.4) is 0 Å². The third-order valence-corrected chi connectivity index (χ3v) is 3.50. The highest BCUT2D eigenvalue weighted by Crippen LogP contribution is 2.20. The number of nitrogens with zero attached hydrogens (tertiary/aromatic N) is 2. The normalized spacial score (nSPS) is 10.2. The fourth-order valence-corrected chi connectivity index (χ4v) is 2.45. The number of carbonyl (C=O) groups is 1. The lowest BCUT2D eigenvalue weighted by Crippen LogP contribution is -2.37. The zero-order valence-corrected chi connectivity index (χ0v) is 11.0. The van der Waals surface area contributed by atoms with Crippen LogP contribution in [0.1, 0.15) is 29.9 Å². The van der Waals surface area contributed by atoms with Gasteiger partial charge in [0.25, 0.3) is 5.91 Å². The summed E-state index contributed by atoms with van der Waals surface area (Å²) in [6.07, 6.45) is 0.364. The minimum absolute atomic E-state index is 0.0180. The first-order chi connectivity index (χ1) is 7.56. The molecule has 0 aromatic carbocycles. The van der Waals surface area contributed by atoms with Crippen molar-refractivity contribution in [2.24, 2.45) is 0 Å². The van der Waals surface area contributed by atoms with Crippen LogP contribution in [0.2, 0.25) is 0 Å². The summed E-state index contributed by atoms with van der Waals surface area (Å²) in [7, 11) is 0. The third-order valence-electron chi connectivity index (χ3n) is 2.15. The number of carbonyl (C=O) groups excluding carboxylic acids is 1. The van der Waals surface area contributed by atoms with Crippen LogP contribution < -0.4 is 0 Å². The van der Waals surface area contributed by atoms with Gasteiger partial charge in [0.1, 0.15) is 0 Å². The molecule has 0 aliphatic heterocycles. The van der Waals surface area contributed by atoms with E-state index >= 15 is 0 Å². The second-order valence-corrected chi connectivity index (χ2v) is 5.10. The minimum Gasteiger partial charge on any atom is -0.334 e. The first-order valence-corrected chi connectivity index (χ1v) is 6.34. The van der Waals surface area contributed by atoms with E-state index in [4.69, 9.17) is 5.26 Å². The topological polar surface area (TPSA) is 44.1 Å². The minimum atomic E-state index is -0.0180. The molecule has 0 atom stereocenters. The van der Waals surface area contributed by atoms with Crippen molar-refractivity contribution in [2.45, 2.75) is 31.2 Å². The van der Waals surface area contributed by atoms with E-state index in [0.29, 0.717) is 17.8 Å². The smallest absolute Gasteiger partial charge is 0.264 e. The zero-order valence-electron chi connectivity index (χ0n) is 9.30. The van der Waals surface area contributed by atoms with Crippen LogP contribution in [0.15, 0.2) is 16.3 Å². The van der Waals surface area contributed by atoms with Gasteiger partial charge in [-0.3, -0.25) is 4.79 Å². The van der Waals surface area contributed by atoms with Crippen LogP contribution in [0, 0.1) is 11.3 Å². The SMILES string of the molecule is CC(C)N(CCC#N)C(=O)c1cc(S)cs1. The van der Waals surface area contributed by atoms with Gasteiger partial charge in [-0.1, -0.05) is 0 Å². The molecule has 0 aliphatic carbocycles. The predicted octanol–water partition coefficient (Wildman–Crippen LogP) is 2.80. The molecule has 1 heterocycles. The lowest BCUT2D eigenvalue weighted by Gasteiger charge is -2.25. The number of amides is 1. The molecule has 0 N–H and O–H groups in total. The van der Waals surface area contributed by atoms with E-state index < -0.39 is 0 Å². The number of hydrogen-bond acceptors (Lipinski definition) is 4. The number of nitriles is 1. The number of thiophene rings is 1. The van der Waals surface area contributed by atoms with Crippen LogP contribution in [-0.2, 0) is 0 Å². The van der Waals surface area contributed by atoms with Crippen molar-refractivity contribution in [1.82, 2.24) is 4.90 Å². The Morgan fingerprint density at radius 1 is 1.69 bits per heavy atom. The molecule has 1 aromatic rings. The van der Waals surface area contributed by atoms with E-state index in [0.717, 1.165) is 4.90 Å². The van der Waals surface area contributed by atoms with E-state index in [1.165, 1.54) is 11.3 Å². The summed E-state index contributed by atoms with van der Waals surface area (Å²) in [6.45, 7) is 4.38. The van der Waals surface area contributed by atoms with E-state index in [-0.39, 0.29) is 11.9 Å². The Labute approximate surface area is 105 Å². The van der Waals surface area contributed by atoms with Crippen molar-refractivity contribution in [3.8, 4) is 6.07 Å². The molecule has 16 heavy (non-hydrogen) atoms. The maximum Gasteiger partial charge on any atom is 0.264 e. The molecule has 1 rings (SSSR count). The van der Waals surface area contributed by atoms with Gasteiger partial charge < -0.3 is 4.90 Å². The molecular formula is C11H14N2OS2. The van der Waals surface area contributed by atoms with Crippen molar-refractivity contribution < 1.29 is 4.79 Å². The number of hydrogen-bond donors (Lipinski definition) is 1. The lowest BCUT2D eigenvalue weighted by molar-refractivity contribution is 0.0715. The summed E-state index contributed by atoms with van der Waals surface area (Å²) < 4.78 is 0. The second-order valence-electron chi connectivity index (χ2n) is 3.67. The number of thiol groups is 1. The standard InChI is InChI=1S/C11H14N2OS2/c1-8(2)13(5-3-4-12)11(14)10-6-9(15)7-16-10/h6-8,15H,3,5H2,1-2H3. The molecule has 3 nitrogen and oxygen atoms in total. The molecule has 0 aliphatic rings. The quantitative estimate of drug-likeness (QED) is 0.840. The van der Waals surface area contributed by atoms with E-state index in [1.54, 1.807) is 11.0 Å². The molecule has 0 saturated carbocycles. The molecule has 0 fully saturated rings. The van der Waals surface area contributed by atoms with Crippen LogP contribution in [0.5, 0.6) is 0 Å². The van der Waals surface area contributed by atoms with Crippen LogP contribution in [0.25, 0.3) is 0 Å². The van der Waals surface area contributed by atoms with Crippen LogP contribution >= 0.6 is 24.0 Å². The van der Waals surface area contributed by atoms with Gasteiger partial charge in [0, 0.05) is 22.9 Å². The highest BCUT2D eigenvalue weighted by atomic mass is 32.1. The summed E-state index contributed by atoms with van der Waals surface area (Å²) in [4.78, 5) is 15.3. The summed E-state index contributed by atoms with van der Waals surface area (Å²) >= 11 is 5.56. The van der Waals surface area contributed by atoms with Gasteiger partial charge in [0.2, 0.25) is 0 Å². The highest BCUT2D eigenvalue weighted by Gasteiger charge is 2.19. The monoisotopic (exact) mass is 254 g/mol. The van der Waals surface area contributed by atoms with Crippen molar-refractivity contribution in [3.05, 3.63) is 16.3 Å². The predicted molar refractivity (Wildman–Crippen MR) is 68.0 cm³/mol.